The number of hydrogen-bond donors (Lipinski definition) is 1. The molecular weight excluding hydrogens is 356 g/mol. The average molecular weight is 382 g/mol. The van der Waals surface area contributed by atoms with Gasteiger partial charge in [-0.1, -0.05) is 42.5 Å². The van der Waals surface area contributed by atoms with Crippen molar-refractivity contribution < 1.29 is 19.1 Å². The maximum atomic E-state index is 12.1. The van der Waals surface area contributed by atoms with Crippen LogP contribution < -0.4 is 15.0 Å². The number of nitrogens with zero attached hydrogens (tertiary/aromatic N) is 1. The summed E-state index contributed by atoms with van der Waals surface area (Å²) < 4.78 is 11.2. The van der Waals surface area contributed by atoms with Crippen LogP contribution in [0.25, 0.3) is 0 Å². The minimum absolute atomic E-state index is 0.00949. The molecular formula is C22H26N2O4. The summed E-state index contributed by atoms with van der Waals surface area (Å²) in [5.41, 5.74) is 1.86. The van der Waals surface area contributed by atoms with Gasteiger partial charge in [0, 0.05) is 26.1 Å². The summed E-state index contributed by atoms with van der Waals surface area (Å²) in [6, 6.07) is 17.4. The molecule has 1 heterocycles. The molecule has 148 valence electrons. The summed E-state index contributed by atoms with van der Waals surface area (Å²) in [4.78, 5) is 25.8. The van der Waals surface area contributed by atoms with Crippen LogP contribution >= 0.6 is 0 Å². The lowest BCUT2D eigenvalue weighted by Crippen LogP contribution is -2.41. The molecule has 0 spiro atoms. The van der Waals surface area contributed by atoms with Crippen molar-refractivity contribution in [3.8, 4) is 5.75 Å². The smallest absolute Gasteiger partial charge is 0.265 e. The Balaban J connectivity index is 1.35. The standard InChI is InChI=1S/C22H26N2O4/c1-17(18-8-3-2-4-9-18)27-15-7-13-23-21(25)12-14-24-19-10-5-6-11-20(19)28-16-22(24)26/h2-6,8-11,17H,7,12-16H2,1H3,(H,23,25). The van der Waals surface area contributed by atoms with Gasteiger partial charge in [-0.05, 0) is 31.0 Å². The first-order valence-corrected chi connectivity index (χ1v) is 9.60. The fraction of sp³-hybridized carbons (Fsp3) is 0.364. The lowest BCUT2D eigenvalue weighted by molar-refractivity contribution is -0.122. The number of rotatable bonds is 9. The second-order valence-electron chi connectivity index (χ2n) is 6.68. The van der Waals surface area contributed by atoms with E-state index in [1.807, 2.05) is 61.5 Å². The molecule has 1 aliphatic rings. The summed E-state index contributed by atoms with van der Waals surface area (Å²) in [6.45, 7) is 3.49. The molecule has 1 aliphatic heterocycles. The highest BCUT2D eigenvalue weighted by Gasteiger charge is 2.25. The summed E-state index contributed by atoms with van der Waals surface area (Å²) in [5.74, 6) is 0.467. The molecule has 6 nitrogen and oxygen atoms in total. The van der Waals surface area contributed by atoms with Crippen molar-refractivity contribution in [3.63, 3.8) is 0 Å². The molecule has 2 aromatic carbocycles. The van der Waals surface area contributed by atoms with Crippen molar-refractivity contribution in [2.24, 2.45) is 0 Å². The van der Waals surface area contributed by atoms with Crippen LogP contribution in [0.5, 0.6) is 5.75 Å². The molecule has 1 N–H and O–H groups in total. The second kappa shape index (κ2) is 9.90. The third kappa shape index (κ3) is 5.33. The van der Waals surface area contributed by atoms with Crippen LogP contribution in [-0.4, -0.2) is 38.1 Å². The van der Waals surface area contributed by atoms with Crippen LogP contribution in [0.1, 0.15) is 31.4 Å². The normalized spacial score (nSPS) is 14.2. The molecule has 2 amide bonds. The zero-order valence-electron chi connectivity index (χ0n) is 16.1. The van der Waals surface area contributed by atoms with E-state index in [-0.39, 0.29) is 30.9 Å². The van der Waals surface area contributed by atoms with E-state index >= 15 is 0 Å². The van der Waals surface area contributed by atoms with Crippen molar-refractivity contribution in [1.29, 1.82) is 0 Å². The Hall–Kier alpha value is -2.86. The molecule has 0 bridgehead atoms. The molecule has 0 radical (unpaired) electrons. The van der Waals surface area contributed by atoms with E-state index < -0.39 is 0 Å². The van der Waals surface area contributed by atoms with E-state index in [0.29, 0.717) is 25.4 Å². The number of carbonyl (C=O) groups is 2. The van der Waals surface area contributed by atoms with Crippen molar-refractivity contribution >= 4 is 17.5 Å². The molecule has 3 rings (SSSR count). The van der Waals surface area contributed by atoms with E-state index in [1.165, 1.54) is 0 Å². The van der Waals surface area contributed by atoms with Crippen LogP contribution in [0.3, 0.4) is 0 Å². The first-order chi connectivity index (χ1) is 13.6. The Labute approximate surface area is 165 Å². The topological polar surface area (TPSA) is 67.9 Å². The molecule has 0 aliphatic carbocycles. The van der Waals surface area contributed by atoms with Gasteiger partial charge >= 0.3 is 0 Å². The predicted octanol–water partition coefficient (Wildman–Crippen LogP) is 3.09. The Kier molecular flexibility index (Phi) is 7.03. The maximum absolute atomic E-state index is 12.1. The average Bonchev–Trinajstić information content (AvgIpc) is 2.73. The van der Waals surface area contributed by atoms with Gasteiger partial charge in [0.1, 0.15) is 5.75 Å². The van der Waals surface area contributed by atoms with Gasteiger partial charge in [-0.25, -0.2) is 0 Å². The van der Waals surface area contributed by atoms with Crippen molar-refractivity contribution in [2.45, 2.75) is 25.9 Å². The zero-order chi connectivity index (χ0) is 19.8. The fourth-order valence-corrected chi connectivity index (χ4v) is 3.08. The first-order valence-electron chi connectivity index (χ1n) is 9.60. The van der Waals surface area contributed by atoms with E-state index in [1.54, 1.807) is 4.90 Å². The van der Waals surface area contributed by atoms with Crippen molar-refractivity contribution in [3.05, 3.63) is 60.2 Å². The number of benzene rings is 2. The van der Waals surface area contributed by atoms with Crippen LogP contribution in [0.4, 0.5) is 5.69 Å². The Bertz CT molecular complexity index is 794. The van der Waals surface area contributed by atoms with Crippen molar-refractivity contribution in [2.75, 3.05) is 31.2 Å². The number of fused-ring (bicyclic) bond motifs is 1. The zero-order valence-corrected chi connectivity index (χ0v) is 16.1. The van der Waals surface area contributed by atoms with Crippen LogP contribution in [-0.2, 0) is 14.3 Å². The molecule has 6 heteroatoms. The summed E-state index contributed by atoms with van der Waals surface area (Å²) >= 11 is 0. The summed E-state index contributed by atoms with van der Waals surface area (Å²) in [6.07, 6.45) is 1.02. The molecule has 0 aromatic heterocycles. The highest BCUT2D eigenvalue weighted by molar-refractivity contribution is 5.98. The highest BCUT2D eigenvalue weighted by Crippen LogP contribution is 2.31. The summed E-state index contributed by atoms with van der Waals surface area (Å²) in [7, 11) is 0. The van der Waals surface area contributed by atoms with E-state index in [0.717, 1.165) is 17.7 Å². The SMILES string of the molecule is CC(OCCCNC(=O)CCN1C(=O)COc2ccccc21)c1ccccc1. The monoisotopic (exact) mass is 382 g/mol. The molecule has 1 atom stereocenters. The van der Waals surface area contributed by atoms with Crippen molar-refractivity contribution in [1.82, 2.24) is 5.32 Å². The van der Waals surface area contributed by atoms with E-state index in [9.17, 15) is 9.59 Å². The van der Waals surface area contributed by atoms with Crippen LogP contribution in [0, 0.1) is 0 Å². The van der Waals surface area contributed by atoms with Gasteiger partial charge in [-0.3, -0.25) is 9.59 Å². The third-order valence-electron chi connectivity index (χ3n) is 4.65. The molecule has 2 aromatic rings. The highest BCUT2D eigenvalue weighted by atomic mass is 16.5. The van der Waals surface area contributed by atoms with Gasteiger partial charge in [0.05, 0.1) is 11.8 Å². The third-order valence-corrected chi connectivity index (χ3v) is 4.65. The second-order valence-corrected chi connectivity index (χ2v) is 6.68. The number of para-hydroxylation sites is 2. The molecule has 28 heavy (non-hydrogen) atoms. The Morgan fingerprint density at radius 1 is 1.18 bits per heavy atom. The Morgan fingerprint density at radius 2 is 1.93 bits per heavy atom. The van der Waals surface area contributed by atoms with Gasteiger partial charge in [-0.15, -0.1) is 0 Å². The summed E-state index contributed by atoms with van der Waals surface area (Å²) in [5, 5.41) is 2.89. The number of hydrogen-bond acceptors (Lipinski definition) is 4. The lowest BCUT2D eigenvalue weighted by Gasteiger charge is -2.29. The predicted molar refractivity (Wildman–Crippen MR) is 107 cm³/mol. The Morgan fingerprint density at radius 3 is 2.75 bits per heavy atom. The number of nitrogens with one attached hydrogen (secondary N) is 1. The largest absolute Gasteiger partial charge is 0.482 e. The van der Waals surface area contributed by atoms with Gasteiger partial charge in [0.25, 0.3) is 5.91 Å². The van der Waals surface area contributed by atoms with Gasteiger partial charge in [0.15, 0.2) is 6.61 Å². The minimum Gasteiger partial charge on any atom is -0.482 e. The molecule has 0 saturated heterocycles. The molecule has 0 saturated carbocycles. The molecule has 1 unspecified atom stereocenters. The number of carbonyl (C=O) groups excluding carboxylic acids is 2. The maximum Gasteiger partial charge on any atom is 0.265 e. The fourth-order valence-electron chi connectivity index (χ4n) is 3.08. The van der Waals surface area contributed by atoms with Gasteiger partial charge < -0.3 is 19.7 Å². The van der Waals surface area contributed by atoms with Crippen LogP contribution in [0.15, 0.2) is 54.6 Å². The van der Waals surface area contributed by atoms with Crippen LogP contribution in [0.2, 0.25) is 0 Å². The van der Waals surface area contributed by atoms with E-state index in [2.05, 4.69) is 5.32 Å². The first kappa shape index (κ1) is 19.9. The van der Waals surface area contributed by atoms with Gasteiger partial charge in [0.2, 0.25) is 5.91 Å². The van der Waals surface area contributed by atoms with Gasteiger partial charge in [-0.2, -0.15) is 0 Å². The lowest BCUT2D eigenvalue weighted by atomic mass is 10.1. The number of ether oxygens (including phenoxy) is 2. The quantitative estimate of drug-likeness (QED) is 0.677. The number of amides is 2. The molecule has 0 fully saturated rings. The number of anilines is 1. The minimum atomic E-state index is -0.130. The van der Waals surface area contributed by atoms with E-state index in [4.69, 9.17) is 9.47 Å².